The van der Waals surface area contributed by atoms with Crippen LogP contribution in [0.15, 0.2) is 6.07 Å². The van der Waals surface area contributed by atoms with Crippen LogP contribution in [0.25, 0.3) is 0 Å². The predicted molar refractivity (Wildman–Crippen MR) is 92.5 cm³/mol. The van der Waals surface area contributed by atoms with Crippen molar-refractivity contribution in [1.82, 2.24) is 15.5 Å². The number of hydrogen-bond acceptors (Lipinski definition) is 3. The summed E-state index contributed by atoms with van der Waals surface area (Å²) >= 11 is 0. The summed E-state index contributed by atoms with van der Waals surface area (Å²) in [7, 11) is 0. The van der Waals surface area contributed by atoms with E-state index in [0.717, 1.165) is 18.5 Å². The molecule has 3 N–H and O–H groups in total. The van der Waals surface area contributed by atoms with Crippen LogP contribution in [0, 0.1) is 11.8 Å². The number of nitrogens with zero attached hydrogens (tertiary/aromatic N) is 1. The summed E-state index contributed by atoms with van der Waals surface area (Å²) < 4.78 is 0. The minimum atomic E-state index is -0.0556. The molecule has 1 aromatic heterocycles. The van der Waals surface area contributed by atoms with Gasteiger partial charge >= 0.3 is 0 Å². The van der Waals surface area contributed by atoms with Crippen LogP contribution in [0.3, 0.4) is 0 Å². The molecule has 6 heteroatoms. The van der Waals surface area contributed by atoms with Gasteiger partial charge in [-0.3, -0.25) is 14.7 Å². The van der Waals surface area contributed by atoms with Crippen LogP contribution >= 0.6 is 0 Å². The van der Waals surface area contributed by atoms with E-state index in [1.165, 1.54) is 25.7 Å². The van der Waals surface area contributed by atoms with Crippen molar-refractivity contribution < 1.29 is 9.59 Å². The van der Waals surface area contributed by atoms with Gasteiger partial charge in [-0.25, -0.2) is 0 Å². The number of carbonyl (C=O) groups is 2. The molecule has 0 aromatic carbocycles. The van der Waals surface area contributed by atoms with Crippen molar-refractivity contribution in [2.75, 3.05) is 5.32 Å². The highest BCUT2D eigenvalue weighted by molar-refractivity contribution is 5.91. The smallest absolute Gasteiger partial charge is 0.228 e. The molecule has 2 aliphatic rings. The number of carbonyl (C=O) groups excluding carboxylic acids is 2. The molecule has 3 rings (SSSR count). The largest absolute Gasteiger partial charge is 0.353 e. The lowest BCUT2D eigenvalue weighted by Crippen LogP contribution is -2.43. The zero-order valence-electron chi connectivity index (χ0n) is 14.6. The van der Waals surface area contributed by atoms with Gasteiger partial charge in [0.2, 0.25) is 11.8 Å². The van der Waals surface area contributed by atoms with Crippen LogP contribution in [0.4, 0.5) is 5.82 Å². The zero-order chi connectivity index (χ0) is 17.1. The molecule has 0 aliphatic heterocycles. The lowest BCUT2D eigenvalue weighted by atomic mass is 9.78. The molecular weight excluding hydrogens is 304 g/mol. The molecule has 0 unspecified atom stereocenters. The first-order valence-electron chi connectivity index (χ1n) is 9.16. The number of anilines is 1. The molecule has 2 aliphatic carbocycles. The minimum Gasteiger partial charge on any atom is -0.353 e. The first-order chi connectivity index (χ1) is 11.5. The fourth-order valence-corrected chi connectivity index (χ4v) is 3.63. The maximum atomic E-state index is 12.1. The Hall–Kier alpha value is -1.85. The van der Waals surface area contributed by atoms with Gasteiger partial charge in [-0.2, -0.15) is 5.10 Å². The molecule has 0 saturated heterocycles. The van der Waals surface area contributed by atoms with Crippen molar-refractivity contribution in [1.29, 1.82) is 0 Å². The van der Waals surface area contributed by atoms with E-state index >= 15 is 0 Å². The molecule has 2 amide bonds. The Bertz CT molecular complexity index is 584. The summed E-state index contributed by atoms with van der Waals surface area (Å²) in [4.78, 5) is 23.7. The van der Waals surface area contributed by atoms with Crippen LogP contribution in [0.2, 0.25) is 0 Å². The Kier molecular flexibility index (Phi) is 5.21. The average molecular weight is 332 g/mol. The fourth-order valence-electron chi connectivity index (χ4n) is 3.63. The lowest BCUT2D eigenvalue weighted by Gasteiger charge is -2.35. The number of aromatic amines is 1. The second-order valence-electron chi connectivity index (χ2n) is 7.64. The monoisotopic (exact) mass is 332 g/mol. The van der Waals surface area contributed by atoms with E-state index < -0.39 is 0 Å². The molecular formula is C18H28N4O2. The van der Waals surface area contributed by atoms with Crippen LogP contribution in [-0.4, -0.2) is 28.1 Å². The number of hydrogen-bond donors (Lipinski definition) is 3. The molecule has 6 nitrogen and oxygen atoms in total. The topological polar surface area (TPSA) is 86.9 Å². The third-order valence-corrected chi connectivity index (χ3v) is 5.25. The third-order valence-electron chi connectivity index (χ3n) is 5.25. The summed E-state index contributed by atoms with van der Waals surface area (Å²) in [6, 6.07) is 2.18. The van der Waals surface area contributed by atoms with E-state index in [1.807, 2.05) is 19.9 Å². The fraction of sp³-hybridized carbons (Fsp3) is 0.722. The standard InChI is InChI=1S/C18H28N4O2/c1-11(2)18(24)20-16-10-15(21-22-16)13-8-14(9-13)19-17(23)7-12-5-3-4-6-12/h10-14H,3-9H2,1-2H3,(H,19,23)(H2,20,21,22,24)/t13-,14+. The number of H-pyrrole nitrogens is 1. The SMILES string of the molecule is CC(C)C(=O)Nc1cc([C@H]2C[C@@H](NC(=O)CC3CCCC3)C2)n[nH]1. The Morgan fingerprint density at radius 1 is 1.29 bits per heavy atom. The van der Waals surface area contributed by atoms with E-state index in [4.69, 9.17) is 0 Å². The van der Waals surface area contributed by atoms with Crippen molar-refractivity contribution in [3.63, 3.8) is 0 Å². The van der Waals surface area contributed by atoms with Gasteiger partial charge in [0.1, 0.15) is 5.82 Å². The van der Waals surface area contributed by atoms with Gasteiger partial charge in [0.05, 0.1) is 5.69 Å². The number of aromatic nitrogens is 2. The van der Waals surface area contributed by atoms with Gasteiger partial charge in [-0.1, -0.05) is 26.7 Å². The first kappa shape index (κ1) is 17.0. The van der Waals surface area contributed by atoms with Crippen LogP contribution in [-0.2, 0) is 9.59 Å². The molecule has 0 atom stereocenters. The first-order valence-corrected chi connectivity index (χ1v) is 9.16. The van der Waals surface area contributed by atoms with Gasteiger partial charge in [0, 0.05) is 30.4 Å². The number of amides is 2. The normalized spacial score (nSPS) is 24.0. The Balaban J connectivity index is 1.40. The average Bonchev–Trinajstić information content (AvgIpc) is 3.14. The molecule has 1 aromatic rings. The quantitative estimate of drug-likeness (QED) is 0.748. The molecule has 0 bridgehead atoms. The molecule has 0 radical (unpaired) electrons. The van der Waals surface area contributed by atoms with Crippen molar-refractivity contribution >= 4 is 17.6 Å². The van der Waals surface area contributed by atoms with Crippen LogP contribution < -0.4 is 10.6 Å². The second kappa shape index (κ2) is 7.36. The Morgan fingerprint density at radius 2 is 2.00 bits per heavy atom. The lowest BCUT2D eigenvalue weighted by molar-refractivity contribution is -0.123. The van der Waals surface area contributed by atoms with E-state index in [0.29, 0.717) is 24.1 Å². The predicted octanol–water partition coefficient (Wildman–Crippen LogP) is 2.95. The second-order valence-corrected chi connectivity index (χ2v) is 7.64. The summed E-state index contributed by atoms with van der Waals surface area (Å²) in [5.41, 5.74) is 0.968. The molecule has 0 spiro atoms. The van der Waals surface area contributed by atoms with E-state index in [2.05, 4.69) is 20.8 Å². The highest BCUT2D eigenvalue weighted by Crippen LogP contribution is 2.37. The summed E-state index contributed by atoms with van der Waals surface area (Å²) in [5, 5.41) is 13.1. The van der Waals surface area contributed by atoms with Crippen LogP contribution in [0.1, 0.15) is 70.4 Å². The highest BCUT2D eigenvalue weighted by atomic mass is 16.2. The number of rotatable bonds is 6. The minimum absolute atomic E-state index is 0.0177. The van der Waals surface area contributed by atoms with Crippen molar-refractivity contribution in [3.8, 4) is 0 Å². The van der Waals surface area contributed by atoms with E-state index in [1.54, 1.807) is 0 Å². The van der Waals surface area contributed by atoms with E-state index in [9.17, 15) is 9.59 Å². The van der Waals surface area contributed by atoms with Gasteiger partial charge in [0.15, 0.2) is 0 Å². The maximum Gasteiger partial charge on any atom is 0.228 e. The highest BCUT2D eigenvalue weighted by Gasteiger charge is 2.33. The van der Waals surface area contributed by atoms with Gasteiger partial charge < -0.3 is 10.6 Å². The summed E-state index contributed by atoms with van der Waals surface area (Å²) in [6.07, 6.45) is 7.51. The van der Waals surface area contributed by atoms with Gasteiger partial charge in [-0.05, 0) is 31.6 Å². The summed E-state index contributed by atoms with van der Waals surface area (Å²) in [5.74, 6) is 1.74. The molecule has 2 saturated carbocycles. The Labute approximate surface area is 143 Å². The Morgan fingerprint density at radius 3 is 2.67 bits per heavy atom. The summed E-state index contributed by atoms with van der Waals surface area (Å²) in [6.45, 7) is 3.72. The zero-order valence-corrected chi connectivity index (χ0v) is 14.6. The maximum absolute atomic E-state index is 12.1. The number of nitrogens with one attached hydrogen (secondary N) is 3. The third kappa shape index (κ3) is 4.16. The van der Waals surface area contributed by atoms with E-state index in [-0.39, 0.29) is 23.8 Å². The van der Waals surface area contributed by atoms with Gasteiger partial charge in [-0.15, -0.1) is 0 Å². The van der Waals surface area contributed by atoms with Crippen molar-refractivity contribution in [2.24, 2.45) is 11.8 Å². The van der Waals surface area contributed by atoms with Crippen molar-refractivity contribution in [2.45, 2.75) is 70.8 Å². The molecule has 24 heavy (non-hydrogen) atoms. The molecule has 132 valence electrons. The van der Waals surface area contributed by atoms with Gasteiger partial charge in [0.25, 0.3) is 0 Å². The molecule has 2 fully saturated rings. The van der Waals surface area contributed by atoms with Crippen LogP contribution in [0.5, 0.6) is 0 Å². The molecule has 1 heterocycles. The van der Waals surface area contributed by atoms with Crippen molar-refractivity contribution in [3.05, 3.63) is 11.8 Å².